The highest BCUT2D eigenvalue weighted by Gasteiger charge is 2.00. The van der Waals surface area contributed by atoms with Crippen LogP contribution in [0.2, 0.25) is 0 Å². The van der Waals surface area contributed by atoms with Crippen molar-refractivity contribution in [3.05, 3.63) is 53.8 Å². The molecule has 0 aliphatic rings. The largest absolute Gasteiger partial charge is 0.399 e. The van der Waals surface area contributed by atoms with Crippen LogP contribution in [0.3, 0.4) is 0 Å². The maximum Gasteiger partial charge on any atom is 0.0314 e. The average molecular weight is 216 g/mol. The molecule has 0 aromatic heterocycles. The lowest BCUT2D eigenvalue weighted by Gasteiger charge is -2.07. The molecule has 0 amide bonds. The van der Waals surface area contributed by atoms with Crippen molar-refractivity contribution >= 4 is 5.69 Å². The molecule has 4 N–H and O–H groups in total. The van der Waals surface area contributed by atoms with Crippen molar-refractivity contribution in [3.8, 4) is 0 Å². The second-order valence-corrected chi connectivity index (χ2v) is 4.09. The van der Waals surface area contributed by atoms with E-state index in [4.69, 9.17) is 11.5 Å². The monoisotopic (exact) mass is 216 g/mol. The first kappa shape index (κ1) is 12.4. The Balaban J connectivity index is 2.61. The van der Waals surface area contributed by atoms with Gasteiger partial charge in [-0.1, -0.05) is 31.2 Å². The van der Waals surface area contributed by atoms with Gasteiger partial charge < -0.3 is 11.5 Å². The number of anilines is 1. The van der Waals surface area contributed by atoms with E-state index < -0.39 is 0 Å². The van der Waals surface area contributed by atoms with Gasteiger partial charge in [0.25, 0.3) is 0 Å². The fourth-order valence-corrected chi connectivity index (χ4v) is 1.66. The third-order valence-corrected chi connectivity index (χ3v) is 2.37. The maximum absolute atomic E-state index is 5.82. The van der Waals surface area contributed by atoms with Crippen molar-refractivity contribution in [2.24, 2.45) is 11.7 Å². The molecule has 1 atom stereocenters. The molecular formula is C14H20N2. The average Bonchev–Trinajstić information content (AvgIpc) is 2.21. The fraction of sp³-hybridized carbons (Fsp3) is 0.286. The zero-order valence-corrected chi connectivity index (χ0v) is 9.98. The molecule has 0 heterocycles. The molecule has 0 saturated heterocycles. The van der Waals surface area contributed by atoms with E-state index >= 15 is 0 Å². The number of rotatable bonds is 4. The first-order chi connectivity index (χ1) is 7.61. The molecule has 0 aliphatic carbocycles. The van der Waals surface area contributed by atoms with Crippen LogP contribution < -0.4 is 11.5 Å². The molecule has 0 radical (unpaired) electrons. The van der Waals surface area contributed by atoms with E-state index in [1.807, 2.05) is 31.2 Å². The lowest BCUT2D eigenvalue weighted by atomic mass is 10.00. The number of hydrogen-bond donors (Lipinski definition) is 2. The zero-order chi connectivity index (χ0) is 12.0. The van der Waals surface area contributed by atoms with Gasteiger partial charge in [-0.25, -0.2) is 0 Å². The van der Waals surface area contributed by atoms with Gasteiger partial charge >= 0.3 is 0 Å². The minimum Gasteiger partial charge on any atom is -0.399 e. The molecule has 1 aromatic rings. The number of nitrogens with two attached hydrogens (primary N) is 2. The van der Waals surface area contributed by atoms with Crippen molar-refractivity contribution in [2.75, 3.05) is 5.73 Å². The minimum atomic E-state index is 0.430. The summed E-state index contributed by atoms with van der Waals surface area (Å²) in [5, 5.41) is 0. The van der Waals surface area contributed by atoms with E-state index in [9.17, 15) is 0 Å². The normalized spacial score (nSPS) is 14.2. The van der Waals surface area contributed by atoms with Crippen LogP contribution in [0.4, 0.5) is 5.69 Å². The van der Waals surface area contributed by atoms with Crippen LogP contribution in [-0.2, 0) is 6.42 Å². The Kier molecular flexibility index (Phi) is 4.65. The maximum atomic E-state index is 5.82. The van der Waals surface area contributed by atoms with Crippen LogP contribution in [0.1, 0.15) is 19.4 Å². The van der Waals surface area contributed by atoms with Gasteiger partial charge in [-0.3, -0.25) is 0 Å². The van der Waals surface area contributed by atoms with Crippen LogP contribution in [0.25, 0.3) is 0 Å². The summed E-state index contributed by atoms with van der Waals surface area (Å²) in [4.78, 5) is 0. The molecule has 1 unspecified atom stereocenters. The Morgan fingerprint density at radius 3 is 2.50 bits per heavy atom. The number of benzene rings is 1. The molecule has 2 nitrogen and oxygen atoms in total. The van der Waals surface area contributed by atoms with Crippen LogP contribution in [0.15, 0.2) is 48.2 Å². The van der Waals surface area contributed by atoms with Crippen molar-refractivity contribution in [3.63, 3.8) is 0 Å². The van der Waals surface area contributed by atoms with E-state index in [1.165, 1.54) is 5.56 Å². The zero-order valence-electron chi connectivity index (χ0n) is 9.98. The SMILES string of the molecule is C/C=C\C(N)=C/C(C)Cc1ccc(N)cc1. The standard InChI is InChI=1S/C14H20N2/c1-3-4-14(16)10-11(2)9-12-5-7-13(15)8-6-12/h3-8,10-11H,9,15-16H2,1-2H3/b4-3-,14-10+. The van der Waals surface area contributed by atoms with Crippen molar-refractivity contribution in [1.29, 1.82) is 0 Å². The smallest absolute Gasteiger partial charge is 0.0314 e. The second kappa shape index (κ2) is 6.01. The summed E-state index contributed by atoms with van der Waals surface area (Å²) in [5.74, 6) is 0.430. The third-order valence-electron chi connectivity index (χ3n) is 2.37. The van der Waals surface area contributed by atoms with E-state index in [2.05, 4.69) is 25.1 Å². The van der Waals surface area contributed by atoms with E-state index in [-0.39, 0.29) is 0 Å². The Hall–Kier alpha value is -1.70. The Bertz CT molecular complexity index is 374. The summed E-state index contributed by atoms with van der Waals surface area (Å²) in [6, 6.07) is 7.99. The molecule has 86 valence electrons. The van der Waals surface area contributed by atoms with Gasteiger partial charge in [-0.2, -0.15) is 0 Å². The van der Waals surface area contributed by atoms with Gasteiger partial charge in [0.15, 0.2) is 0 Å². The summed E-state index contributed by atoms with van der Waals surface area (Å²) in [5.41, 5.74) is 14.4. The fourth-order valence-electron chi connectivity index (χ4n) is 1.66. The summed E-state index contributed by atoms with van der Waals surface area (Å²) >= 11 is 0. The summed E-state index contributed by atoms with van der Waals surface area (Å²) in [6.07, 6.45) is 6.93. The highest BCUT2D eigenvalue weighted by molar-refractivity contribution is 5.39. The Labute approximate surface area is 97.7 Å². The van der Waals surface area contributed by atoms with Crippen molar-refractivity contribution in [1.82, 2.24) is 0 Å². The van der Waals surface area contributed by atoms with Crippen LogP contribution in [0.5, 0.6) is 0 Å². The predicted molar refractivity (Wildman–Crippen MR) is 70.8 cm³/mol. The molecule has 0 spiro atoms. The molecule has 0 bridgehead atoms. The number of allylic oxidation sites excluding steroid dienone is 3. The summed E-state index contributed by atoms with van der Waals surface area (Å²) < 4.78 is 0. The van der Waals surface area contributed by atoms with Crippen LogP contribution >= 0.6 is 0 Å². The second-order valence-electron chi connectivity index (χ2n) is 4.09. The number of nitrogen functional groups attached to an aromatic ring is 1. The molecule has 1 aromatic carbocycles. The van der Waals surface area contributed by atoms with Gasteiger partial charge in [0.1, 0.15) is 0 Å². The first-order valence-corrected chi connectivity index (χ1v) is 5.56. The molecule has 16 heavy (non-hydrogen) atoms. The number of hydrogen-bond acceptors (Lipinski definition) is 2. The molecule has 2 heteroatoms. The summed E-state index contributed by atoms with van der Waals surface area (Å²) in [7, 11) is 0. The molecule has 0 aliphatic heterocycles. The summed E-state index contributed by atoms with van der Waals surface area (Å²) in [6.45, 7) is 4.12. The molecule has 1 rings (SSSR count). The minimum absolute atomic E-state index is 0.430. The van der Waals surface area contributed by atoms with Gasteiger partial charge in [-0.05, 0) is 43.0 Å². The molecule has 0 saturated carbocycles. The quantitative estimate of drug-likeness (QED) is 0.600. The lowest BCUT2D eigenvalue weighted by Crippen LogP contribution is -2.01. The molecular weight excluding hydrogens is 196 g/mol. The van der Waals surface area contributed by atoms with Gasteiger partial charge in [-0.15, -0.1) is 0 Å². The van der Waals surface area contributed by atoms with Gasteiger partial charge in [0.05, 0.1) is 0 Å². The topological polar surface area (TPSA) is 52.0 Å². The highest BCUT2D eigenvalue weighted by Crippen LogP contribution is 2.12. The first-order valence-electron chi connectivity index (χ1n) is 5.56. The highest BCUT2D eigenvalue weighted by atomic mass is 14.6. The predicted octanol–water partition coefficient (Wildman–Crippen LogP) is 2.87. The van der Waals surface area contributed by atoms with Crippen molar-refractivity contribution < 1.29 is 0 Å². The van der Waals surface area contributed by atoms with Crippen LogP contribution in [0, 0.1) is 5.92 Å². The van der Waals surface area contributed by atoms with E-state index in [1.54, 1.807) is 0 Å². The van der Waals surface area contributed by atoms with Crippen molar-refractivity contribution in [2.45, 2.75) is 20.3 Å². The molecule has 0 fully saturated rings. The van der Waals surface area contributed by atoms with E-state index in [0.717, 1.165) is 17.8 Å². The van der Waals surface area contributed by atoms with Gasteiger partial charge in [0, 0.05) is 11.4 Å². The van der Waals surface area contributed by atoms with Crippen LogP contribution in [-0.4, -0.2) is 0 Å². The lowest BCUT2D eigenvalue weighted by molar-refractivity contribution is 0.718. The Morgan fingerprint density at radius 2 is 1.94 bits per heavy atom. The van der Waals surface area contributed by atoms with Gasteiger partial charge in [0.2, 0.25) is 0 Å². The Morgan fingerprint density at radius 1 is 1.31 bits per heavy atom. The van der Waals surface area contributed by atoms with E-state index in [0.29, 0.717) is 5.92 Å². The third kappa shape index (κ3) is 4.22.